The Hall–Kier alpha value is -0.820. The highest BCUT2D eigenvalue weighted by atomic mass is 32.1. The summed E-state index contributed by atoms with van der Waals surface area (Å²) in [5.74, 6) is 5.54. The molecule has 0 aliphatic rings. The number of hydrogen-bond acceptors (Lipinski definition) is 6. The number of aromatic nitrogens is 2. The second-order valence-electron chi connectivity index (χ2n) is 3.47. The first-order valence-electron chi connectivity index (χ1n) is 5.14. The molecule has 0 saturated carbocycles. The molecule has 2 rings (SSSR count). The van der Waals surface area contributed by atoms with Gasteiger partial charge in [-0.05, 0) is 30.1 Å². The Labute approximate surface area is 103 Å². The fourth-order valence-electron chi connectivity index (χ4n) is 1.50. The number of aryl methyl sites for hydroxylation is 1. The summed E-state index contributed by atoms with van der Waals surface area (Å²) in [7, 11) is 0. The molecule has 2 aromatic rings. The quantitative estimate of drug-likeness (QED) is 0.632. The van der Waals surface area contributed by atoms with Crippen molar-refractivity contribution in [3.8, 4) is 0 Å². The highest BCUT2D eigenvalue weighted by Crippen LogP contribution is 2.23. The van der Waals surface area contributed by atoms with Gasteiger partial charge in [-0.2, -0.15) is 0 Å². The zero-order valence-electron chi connectivity index (χ0n) is 9.01. The van der Waals surface area contributed by atoms with Crippen molar-refractivity contribution in [1.29, 1.82) is 0 Å². The summed E-state index contributed by atoms with van der Waals surface area (Å²) in [6.45, 7) is 2.17. The van der Waals surface area contributed by atoms with Crippen LogP contribution in [0.3, 0.4) is 0 Å². The average Bonchev–Trinajstić information content (AvgIpc) is 2.96. The van der Waals surface area contributed by atoms with Crippen molar-refractivity contribution >= 4 is 22.9 Å². The first-order valence-corrected chi connectivity index (χ1v) is 6.79. The molecule has 0 spiro atoms. The van der Waals surface area contributed by atoms with Crippen LogP contribution in [-0.4, -0.2) is 9.59 Å². The van der Waals surface area contributed by atoms with Crippen molar-refractivity contribution in [1.82, 2.24) is 15.0 Å². The third kappa shape index (κ3) is 2.65. The number of hydrazine groups is 1. The molecule has 0 fully saturated rings. The molecular weight excluding hydrogens is 240 g/mol. The van der Waals surface area contributed by atoms with Crippen LogP contribution < -0.4 is 11.3 Å². The summed E-state index contributed by atoms with van der Waals surface area (Å²) in [6, 6.07) is 4.39. The highest BCUT2D eigenvalue weighted by Gasteiger charge is 2.14. The van der Waals surface area contributed by atoms with E-state index >= 15 is 0 Å². The molecule has 0 aromatic carbocycles. The van der Waals surface area contributed by atoms with Gasteiger partial charge >= 0.3 is 0 Å². The zero-order valence-corrected chi connectivity index (χ0v) is 10.6. The molecule has 0 bridgehead atoms. The Morgan fingerprint density at radius 1 is 1.44 bits per heavy atom. The van der Waals surface area contributed by atoms with E-state index in [9.17, 15) is 0 Å². The summed E-state index contributed by atoms with van der Waals surface area (Å²) in [4.78, 5) is 2.73. The molecule has 0 amide bonds. The Bertz CT molecular complexity index is 424. The van der Waals surface area contributed by atoms with Crippen molar-refractivity contribution in [3.63, 3.8) is 0 Å². The van der Waals surface area contributed by atoms with E-state index in [0.29, 0.717) is 0 Å². The monoisotopic (exact) mass is 254 g/mol. The molecule has 86 valence electrons. The van der Waals surface area contributed by atoms with Crippen LogP contribution in [0.1, 0.15) is 28.4 Å². The van der Waals surface area contributed by atoms with Crippen molar-refractivity contribution < 1.29 is 0 Å². The van der Waals surface area contributed by atoms with Crippen LogP contribution in [0.2, 0.25) is 0 Å². The lowest BCUT2D eigenvalue weighted by molar-refractivity contribution is 0.540. The van der Waals surface area contributed by atoms with Gasteiger partial charge in [0.2, 0.25) is 0 Å². The van der Waals surface area contributed by atoms with Gasteiger partial charge < -0.3 is 0 Å². The van der Waals surface area contributed by atoms with Crippen LogP contribution in [0.5, 0.6) is 0 Å². The van der Waals surface area contributed by atoms with Crippen molar-refractivity contribution in [2.24, 2.45) is 5.84 Å². The molecule has 1 atom stereocenters. The van der Waals surface area contributed by atoms with E-state index in [1.807, 2.05) is 16.7 Å². The first-order chi connectivity index (χ1) is 7.83. The van der Waals surface area contributed by atoms with Crippen LogP contribution in [0, 0.1) is 0 Å². The number of rotatable bonds is 5. The van der Waals surface area contributed by atoms with Crippen LogP contribution in [-0.2, 0) is 12.8 Å². The Morgan fingerprint density at radius 2 is 2.25 bits per heavy atom. The van der Waals surface area contributed by atoms with E-state index in [-0.39, 0.29) is 6.04 Å². The fraction of sp³-hybridized carbons (Fsp3) is 0.400. The second kappa shape index (κ2) is 5.49. The van der Waals surface area contributed by atoms with Crippen molar-refractivity contribution in [2.75, 3.05) is 0 Å². The standard InChI is InChI=1S/C10H14N4S2/c1-2-7-3-4-8(16-7)5-9(12-11)10-6-15-14-13-10/h3-4,6,9,12H,2,5,11H2,1H3. The van der Waals surface area contributed by atoms with Crippen LogP contribution in [0.15, 0.2) is 17.5 Å². The molecule has 0 aliphatic heterocycles. The lowest BCUT2D eigenvalue weighted by Crippen LogP contribution is -2.29. The van der Waals surface area contributed by atoms with E-state index in [1.54, 1.807) is 0 Å². The van der Waals surface area contributed by atoms with E-state index < -0.39 is 0 Å². The van der Waals surface area contributed by atoms with Gasteiger partial charge in [-0.3, -0.25) is 11.3 Å². The molecule has 0 aliphatic carbocycles. The molecule has 6 heteroatoms. The van der Waals surface area contributed by atoms with Crippen LogP contribution >= 0.6 is 22.9 Å². The predicted octanol–water partition coefficient (Wildman–Crippen LogP) is 1.91. The Morgan fingerprint density at radius 3 is 2.81 bits per heavy atom. The summed E-state index contributed by atoms with van der Waals surface area (Å²) < 4.78 is 3.85. The first kappa shape index (κ1) is 11.7. The van der Waals surface area contributed by atoms with Gasteiger partial charge in [-0.15, -0.1) is 16.4 Å². The summed E-state index contributed by atoms with van der Waals surface area (Å²) in [6.07, 6.45) is 1.95. The van der Waals surface area contributed by atoms with E-state index in [0.717, 1.165) is 18.5 Å². The molecule has 3 N–H and O–H groups in total. The molecule has 0 radical (unpaired) electrons. The Kier molecular flexibility index (Phi) is 4.00. The normalized spacial score (nSPS) is 12.9. The largest absolute Gasteiger partial charge is 0.271 e. The summed E-state index contributed by atoms with van der Waals surface area (Å²) >= 11 is 3.18. The smallest absolute Gasteiger partial charge is 0.0941 e. The zero-order chi connectivity index (χ0) is 11.4. The van der Waals surface area contributed by atoms with Gasteiger partial charge in [0.15, 0.2) is 0 Å². The van der Waals surface area contributed by atoms with Gasteiger partial charge in [-0.25, -0.2) is 0 Å². The van der Waals surface area contributed by atoms with E-state index in [2.05, 4.69) is 34.1 Å². The SMILES string of the molecule is CCc1ccc(CC(NN)c2csnn2)s1. The molecular formula is C10H14N4S2. The number of nitrogens with zero attached hydrogens (tertiary/aromatic N) is 2. The second-order valence-corrected chi connectivity index (χ2v) is 5.34. The van der Waals surface area contributed by atoms with Gasteiger partial charge in [0, 0.05) is 21.6 Å². The van der Waals surface area contributed by atoms with Gasteiger partial charge in [0.25, 0.3) is 0 Å². The molecule has 4 nitrogen and oxygen atoms in total. The van der Waals surface area contributed by atoms with E-state index in [1.165, 1.54) is 21.3 Å². The highest BCUT2D eigenvalue weighted by molar-refractivity contribution is 7.12. The predicted molar refractivity (Wildman–Crippen MR) is 67.4 cm³/mol. The molecule has 2 aromatic heterocycles. The summed E-state index contributed by atoms with van der Waals surface area (Å²) in [5, 5.41) is 5.97. The maximum absolute atomic E-state index is 5.54. The minimum atomic E-state index is 0.0575. The topological polar surface area (TPSA) is 63.8 Å². The third-order valence-electron chi connectivity index (χ3n) is 2.41. The van der Waals surface area contributed by atoms with E-state index in [4.69, 9.17) is 5.84 Å². The fourth-order valence-corrected chi connectivity index (χ4v) is 3.01. The Balaban J connectivity index is 2.07. The molecule has 16 heavy (non-hydrogen) atoms. The van der Waals surface area contributed by atoms with Crippen LogP contribution in [0.25, 0.3) is 0 Å². The molecule has 0 saturated heterocycles. The summed E-state index contributed by atoms with van der Waals surface area (Å²) in [5.41, 5.74) is 3.71. The van der Waals surface area contributed by atoms with Crippen molar-refractivity contribution in [3.05, 3.63) is 33.0 Å². The van der Waals surface area contributed by atoms with Crippen molar-refractivity contribution in [2.45, 2.75) is 25.8 Å². The molecule has 2 heterocycles. The number of nitrogens with one attached hydrogen (secondary N) is 1. The number of nitrogens with two attached hydrogens (primary N) is 1. The number of hydrogen-bond donors (Lipinski definition) is 2. The molecule has 1 unspecified atom stereocenters. The van der Waals surface area contributed by atoms with Crippen LogP contribution in [0.4, 0.5) is 0 Å². The van der Waals surface area contributed by atoms with Gasteiger partial charge in [-0.1, -0.05) is 11.4 Å². The van der Waals surface area contributed by atoms with Gasteiger partial charge in [0.1, 0.15) is 0 Å². The minimum Gasteiger partial charge on any atom is -0.271 e. The van der Waals surface area contributed by atoms with Gasteiger partial charge in [0.05, 0.1) is 11.7 Å². The third-order valence-corrected chi connectivity index (χ3v) is 4.18. The minimum absolute atomic E-state index is 0.0575. The average molecular weight is 254 g/mol. The lowest BCUT2D eigenvalue weighted by Gasteiger charge is -2.11. The number of thiophene rings is 1. The maximum atomic E-state index is 5.54. The lowest BCUT2D eigenvalue weighted by atomic mass is 10.1. The maximum Gasteiger partial charge on any atom is 0.0941 e.